The number of anilines is 3. The second kappa shape index (κ2) is 8.42. The van der Waals surface area contributed by atoms with Gasteiger partial charge in [-0.15, -0.1) is 0 Å². The summed E-state index contributed by atoms with van der Waals surface area (Å²) in [6.07, 6.45) is 9.16. The Labute approximate surface area is 180 Å². The molecule has 4 rings (SSSR count). The van der Waals surface area contributed by atoms with Gasteiger partial charge in [0.1, 0.15) is 11.8 Å². The maximum absolute atomic E-state index is 14.7. The number of hydrogen-bond acceptors (Lipinski definition) is 3. The number of carbonyl (C=O) groups excluding carboxylic acids is 2. The van der Waals surface area contributed by atoms with Crippen molar-refractivity contribution in [2.45, 2.75) is 20.3 Å². The third-order valence-electron chi connectivity index (χ3n) is 5.36. The molecule has 0 bridgehead atoms. The van der Waals surface area contributed by atoms with Gasteiger partial charge in [0.15, 0.2) is 0 Å². The van der Waals surface area contributed by atoms with Crippen LogP contribution in [0.15, 0.2) is 89.4 Å². The van der Waals surface area contributed by atoms with Crippen LogP contribution in [0.1, 0.15) is 24.5 Å². The van der Waals surface area contributed by atoms with Gasteiger partial charge in [-0.1, -0.05) is 36.4 Å². The van der Waals surface area contributed by atoms with Crippen LogP contribution in [0.2, 0.25) is 0 Å². The molecule has 0 saturated heterocycles. The monoisotopic (exact) mass is 412 g/mol. The number of fused-ring (bicyclic) bond motifs is 1. The molecule has 0 aromatic heterocycles. The van der Waals surface area contributed by atoms with Crippen LogP contribution in [-0.2, 0) is 9.59 Å². The summed E-state index contributed by atoms with van der Waals surface area (Å²) in [4.78, 5) is 26.4. The lowest BCUT2D eigenvalue weighted by Gasteiger charge is -2.28. The van der Waals surface area contributed by atoms with Crippen LogP contribution in [-0.4, -0.2) is 11.8 Å². The molecule has 154 valence electrons. The third kappa shape index (κ3) is 3.79. The van der Waals surface area contributed by atoms with Crippen LogP contribution in [0, 0.1) is 6.92 Å². The van der Waals surface area contributed by atoms with Crippen molar-refractivity contribution in [2.24, 2.45) is 0 Å². The maximum Gasteiger partial charge on any atom is 0.262 e. The molecule has 0 fully saturated rings. The summed E-state index contributed by atoms with van der Waals surface area (Å²) in [7, 11) is 0. The highest BCUT2D eigenvalue weighted by molar-refractivity contribution is 6.14. The molecular weight excluding hydrogens is 391 g/mol. The summed E-state index contributed by atoms with van der Waals surface area (Å²) < 4.78 is 14.7. The maximum atomic E-state index is 14.7. The summed E-state index contributed by atoms with van der Waals surface area (Å²) in [6.45, 7) is 3.47. The number of amides is 1. The van der Waals surface area contributed by atoms with Gasteiger partial charge in [0.05, 0.1) is 11.3 Å². The highest BCUT2D eigenvalue weighted by Crippen LogP contribution is 2.38. The Morgan fingerprint density at radius 2 is 1.94 bits per heavy atom. The van der Waals surface area contributed by atoms with Gasteiger partial charge in [-0.2, -0.15) is 0 Å². The lowest BCUT2D eigenvalue weighted by Crippen LogP contribution is -2.29. The Balaban J connectivity index is 1.90. The molecule has 4 nitrogen and oxygen atoms in total. The molecule has 0 spiro atoms. The van der Waals surface area contributed by atoms with E-state index in [2.05, 4.69) is 5.32 Å². The number of carbonyl (C=O) groups is 1. The lowest BCUT2D eigenvalue weighted by atomic mass is 9.93. The van der Waals surface area contributed by atoms with Crippen molar-refractivity contribution in [2.75, 3.05) is 10.2 Å². The minimum atomic E-state index is -0.678. The van der Waals surface area contributed by atoms with Gasteiger partial charge in [0.25, 0.3) is 5.91 Å². The van der Waals surface area contributed by atoms with E-state index in [0.717, 1.165) is 16.8 Å². The molecule has 1 aliphatic heterocycles. The summed E-state index contributed by atoms with van der Waals surface area (Å²) >= 11 is 0. The van der Waals surface area contributed by atoms with Crippen molar-refractivity contribution in [1.82, 2.24) is 0 Å². The fourth-order valence-corrected chi connectivity index (χ4v) is 3.77. The highest BCUT2D eigenvalue weighted by Gasteiger charge is 2.29. The number of hydrogen-bond donors (Lipinski definition) is 1. The number of rotatable bonds is 3. The molecule has 0 saturated carbocycles. The Morgan fingerprint density at radius 1 is 1.13 bits per heavy atom. The van der Waals surface area contributed by atoms with Crippen molar-refractivity contribution >= 4 is 35.0 Å². The molecule has 1 aliphatic carbocycles. The number of benzene rings is 2. The average Bonchev–Trinajstić information content (AvgIpc) is 3.02. The Bertz CT molecular complexity index is 1240. The van der Waals surface area contributed by atoms with Gasteiger partial charge >= 0.3 is 0 Å². The lowest BCUT2D eigenvalue weighted by molar-refractivity contribution is -0.114. The molecule has 0 atom stereocenters. The van der Waals surface area contributed by atoms with E-state index in [1.54, 1.807) is 16.9 Å². The van der Waals surface area contributed by atoms with Crippen LogP contribution in [0.4, 0.5) is 21.5 Å². The van der Waals surface area contributed by atoms with Gasteiger partial charge in [-0.25, -0.2) is 9.18 Å². The van der Waals surface area contributed by atoms with Crippen molar-refractivity contribution in [3.05, 3.63) is 101 Å². The SMILES string of the molecule is CC1=C(F)C(=C=O)CC=C1C(=O)N(c1cccc(C)c1)c1cccc2c1C=CC=CN2. The molecule has 2 aliphatic rings. The summed E-state index contributed by atoms with van der Waals surface area (Å²) in [5.74, 6) is 0.594. The fraction of sp³-hybridized carbons (Fsp3) is 0.115. The molecule has 1 N–H and O–H groups in total. The first-order chi connectivity index (χ1) is 15.0. The van der Waals surface area contributed by atoms with Gasteiger partial charge in [-0.05, 0) is 55.3 Å². The zero-order chi connectivity index (χ0) is 22.0. The Morgan fingerprint density at radius 3 is 2.71 bits per heavy atom. The van der Waals surface area contributed by atoms with Crippen LogP contribution in [0.25, 0.3) is 6.08 Å². The molecule has 0 unspecified atom stereocenters. The highest BCUT2D eigenvalue weighted by atomic mass is 19.1. The Hall–Kier alpha value is -3.95. The van der Waals surface area contributed by atoms with Crippen molar-refractivity contribution in [3.63, 3.8) is 0 Å². The molecule has 1 amide bonds. The predicted molar refractivity (Wildman–Crippen MR) is 122 cm³/mol. The van der Waals surface area contributed by atoms with Crippen LogP contribution < -0.4 is 10.2 Å². The first-order valence-electron chi connectivity index (χ1n) is 9.96. The summed E-state index contributed by atoms with van der Waals surface area (Å²) in [6, 6.07) is 13.3. The van der Waals surface area contributed by atoms with Crippen LogP contribution in [0.5, 0.6) is 0 Å². The topological polar surface area (TPSA) is 49.4 Å². The summed E-state index contributed by atoms with van der Waals surface area (Å²) in [5.41, 5.74) is 4.35. The van der Waals surface area contributed by atoms with Crippen LogP contribution in [0.3, 0.4) is 0 Å². The van der Waals surface area contributed by atoms with Gasteiger partial charge in [0.2, 0.25) is 0 Å². The quantitative estimate of drug-likeness (QED) is 0.635. The molecule has 2 aromatic carbocycles. The molecule has 5 heteroatoms. The Kier molecular flexibility index (Phi) is 5.52. The number of halogens is 1. The number of nitrogens with one attached hydrogen (secondary N) is 1. The van der Waals surface area contributed by atoms with E-state index in [-0.39, 0.29) is 29.0 Å². The zero-order valence-electron chi connectivity index (χ0n) is 17.3. The van der Waals surface area contributed by atoms with E-state index in [9.17, 15) is 14.0 Å². The van der Waals surface area contributed by atoms with E-state index in [0.29, 0.717) is 11.4 Å². The second-order valence-electron chi connectivity index (χ2n) is 7.42. The fourth-order valence-electron chi connectivity index (χ4n) is 3.77. The van der Waals surface area contributed by atoms with Crippen molar-refractivity contribution in [1.29, 1.82) is 0 Å². The van der Waals surface area contributed by atoms with E-state index in [4.69, 9.17) is 0 Å². The van der Waals surface area contributed by atoms with Gasteiger partial charge in [-0.3, -0.25) is 9.69 Å². The van der Waals surface area contributed by atoms with E-state index in [1.807, 2.05) is 73.8 Å². The second-order valence-corrected chi connectivity index (χ2v) is 7.42. The minimum Gasteiger partial charge on any atom is -0.361 e. The largest absolute Gasteiger partial charge is 0.361 e. The van der Waals surface area contributed by atoms with Gasteiger partial charge in [0, 0.05) is 35.1 Å². The van der Waals surface area contributed by atoms with Crippen molar-refractivity contribution < 1.29 is 14.0 Å². The van der Waals surface area contributed by atoms with E-state index >= 15 is 0 Å². The first-order valence-corrected chi connectivity index (χ1v) is 9.96. The zero-order valence-corrected chi connectivity index (χ0v) is 17.3. The average molecular weight is 412 g/mol. The smallest absolute Gasteiger partial charge is 0.262 e. The predicted octanol–water partition coefficient (Wildman–Crippen LogP) is 5.94. The summed E-state index contributed by atoms with van der Waals surface area (Å²) in [5, 5.41) is 3.22. The standard InChI is InChI=1S/C26H21FN2O2/c1-17-7-5-8-20(15-17)29(24-11-6-10-23-22(24)9-3-4-14-28-23)26(31)21-13-12-19(16-30)25(27)18(21)2/h3-11,13-15,28H,12H2,1-2H3. The van der Waals surface area contributed by atoms with Crippen LogP contribution >= 0.6 is 0 Å². The molecule has 2 aromatic rings. The molecule has 31 heavy (non-hydrogen) atoms. The molecular formula is C26H21FN2O2. The third-order valence-corrected chi connectivity index (χ3v) is 5.36. The molecule has 1 heterocycles. The molecule has 0 radical (unpaired) electrons. The minimum absolute atomic E-state index is 0.0354. The number of nitrogens with zero attached hydrogens (tertiary/aromatic N) is 1. The number of allylic oxidation sites excluding steroid dienone is 5. The van der Waals surface area contributed by atoms with Gasteiger partial charge < -0.3 is 5.32 Å². The van der Waals surface area contributed by atoms with E-state index < -0.39 is 5.83 Å². The van der Waals surface area contributed by atoms with E-state index in [1.165, 1.54) is 6.92 Å². The first kappa shape index (κ1) is 20.3. The van der Waals surface area contributed by atoms with Crippen molar-refractivity contribution in [3.8, 4) is 0 Å². The normalized spacial score (nSPS) is 14.9. The number of aryl methyl sites for hydroxylation is 1.